The molecule has 1 aliphatic rings. The minimum absolute atomic E-state index is 0.114. The topological polar surface area (TPSA) is 37.3 Å². The van der Waals surface area contributed by atoms with E-state index >= 15 is 0 Å². The summed E-state index contributed by atoms with van der Waals surface area (Å²) in [6, 6.07) is 8.36. The van der Waals surface area contributed by atoms with Gasteiger partial charge in [0.2, 0.25) is 0 Å². The predicted molar refractivity (Wildman–Crippen MR) is 77.9 cm³/mol. The lowest BCUT2D eigenvalue weighted by Gasteiger charge is -2.06. The normalized spacial score (nSPS) is 15.2. The molecule has 0 saturated carbocycles. The van der Waals surface area contributed by atoms with Gasteiger partial charge in [-0.15, -0.1) is 0 Å². The van der Waals surface area contributed by atoms with Crippen molar-refractivity contribution in [3.8, 4) is 0 Å². The molecule has 2 rings (SSSR count). The van der Waals surface area contributed by atoms with E-state index in [1.165, 1.54) is 16.7 Å². The van der Waals surface area contributed by atoms with Gasteiger partial charge in [-0.25, -0.2) is 0 Å². The maximum absolute atomic E-state index is 10.8. The van der Waals surface area contributed by atoms with E-state index in [0.29, 0.717) is 6.42 Å². The Morgan fingerprint density at radius 1 is 1.32 bits per heavy atom. The van der Waals surface area contributed by atoms with Gasteiger partial charge in [0.25, 0.3) is 0 Å². The van der Waals surface area contributed by atoms with Crippen LogP contribution in [0, 0.1) is 6.92 Å². The molecule has 0 bridgehead atoms. The summed E-state index contributed by atoms with van der Waals surface area (Å²) in [5.74, 6) is -0.772. The van der Waals surface area contributed by atoms with E-state index in [4.69, 9.17) is 5.11 Å². The van der Waals surface area contributed by atoms with Gasteiger partial charge in [-0.3, -0.25) is 4.79 Å². The summed E-state index contributed by atoms with van der Waals surface area (Å²) in [5.41, 5.74) is 5.65. The number of aliphatic carboxylic acids is 1. The number of carboxylic acids is 1. The highest BCUT2D eigenvalue weighted by Crippen LogP contribution is 2.27. The molecule has 1 aromatic carbocycles. The van der Waals surface area contributed by atoms with Crippen molar-refractivity contribution in [2.24, 2.45) is 0 Å². The summed E-state index contributed by atoms with van der Waals surface area (Å²) in [4.78, 5) is 10.8. The first-order valence-electron chi connectivity index (χ1n) is 6.42. The predicted octanol–water partition coefficient (Wildman–Crippen LogP) is 4.13. The Balaban J connectivity index is 2.39. The molecule has 1 aliphatic carbocycles. The van der Waals surface area contributed by atoms with E-state index in [9.17, 15) is 4.79 Å². The van der Waals surface area contributed by atoms with Crippen molar-refractivity contribution < 1.29 is 9.90 Å². The van der Waals surface area contributed by atoms with Crippen LogP contribution in [-0.2, 0) is 4.79 Å². The van der Waals surface area contributed by atoms with Crippen LogP contribution in [-0.4, -0.2) is 11.1 Å². The first-order valence-corrected chi connectivity index (χ1v) is 6.42. The molecule has 2 nitrogen and oxygen atoms in total. The average Bonchev–Trinajstić information content (AvgIpc) is 2.50. The van der Waals surface area contributed by atoms with Gasteiger partial charge < -0.3 is 5.11 Å². The number of hydrogen-bond acceptors (Lipinski definition) is 1. The highest BCUT2D eigenvalue weighted by molar-refractivity contribution is 5.80. The zero-order chi connectivity index (χ0) is 13.8. The van der Waals surface area contributed by atoms with Crippen molar-refractivity contribution in [2.75, 3.05) is 0 Å². The van der Waals surface area contributed by atoms with Gasteiger partial charge in [0.15, 0.2) is 0 Å². The van der Waals surface area contributed by atoms with E-state index in [1.54, 1.807) is 0 Å². The van der Waals surface area contributed by atoms with Gasteiger partial charge in [0, 0.05) is 0 Å². The van der Waals surface area contributed by atoms with Crippen LogP contribution in [0.4, 0.5) is 0 Å². The third-order valence-electron chi connectivity index (χ3n) is 3.22. The Morgan fingerprint density at radius 3 is 2.79 bits per heavy atom. The van der Waals surface area contributed by atoms with Crippen molar-refractivity contribution in [3.63, 3.8) is 0 Å². The summed E-state index contributed by atoms with van der Waals surface area (Å²) in [5, 5.41) is 8.88. The fourth-order valence-electron chi connectivity index (χ4n) is 2.36. The van der Waals surface area contributed by atoms with Gasteiger partial charge in [0.05, 0.1) is 6.42 Å². The highest BCUT2D eigenvalue weighted by Gasteiger charge is 2.09. The smallest absolute Gasteiger partial charge is 0.307 e. The molecule has 0 aromatic heterocycles. The number of hydrogen-bond donors (Lipinski definition) is 1. The van der Waals surface area contributed by atoms with E-state index in [0.717, 1.165) is 11.1 Å². The molecule has 0 aliphatic heterocycles. The maximum atomic E-state index is 10.8. The number of rotatable bonds is 3. The lowest BCUT2D eigenvalue weighted by molar-refractivity contribution is -0.136. The van der Waals surface area contributed by atoms with E-state index in [1.807, 2.05) is 25.1 Å². The standard InChI is InChI=1S/C17H18O2/c1-12-5-3-7-15(9-12)16-8-4-6-14(10-13(16)2)11-17(18)19/h3-5,7-10H,6,11H2,1-2H3,(H,18,19). The monoisotopic (exact) mass is 254 g/mol. The minimum Gasteiger partial charge on any atom is -0.481 e. The lowest BCUT2D eigenvalue weighted by atomic mass is 9.98. The summed E-state index contributed by atoms with van der Waals surface area (Å²) >= 11 is 0. The van der Waals surface area contributed by atoms with Crippen molar-refractivity contribution >= 4 is 11.5 Å². The van der Waals surface area contributed by atoms with E-state index in [-0.39, 0.29) is 6.42 Å². The number of aryl methyl sites for hydroxylation is 1. The number of carbonyl (C=O) groups is 1. The van der Waals surface area contributed by atoms with Crippen molar-refractivity contribution in [3.05, 3.63) is 64.8 Å². The van der Waals surface area contributed by atoms with Crippen LogP contribution in [0.1, 0.15) is 30.9 Å². The molecule has 98 valence electrons. The molecule has 1 N–H and O–H groups in total. The molecule has 0 unspecified atom stereocenters. The summed E-state index contributed by atoms with van der Waals surface area (Å²) < 4.78 is 0. The second kappa shape index (κ2) is 5.70. The molecule has 0 radical (unpaired) electrons. The Morgan fingerprint density at radius 2 is 2.11 bits per heavy atom. The second-order valence-corrected chi connectivity index (χ2v) is 4.95. The van der Waals surface area contributed by atoms with Gasteiger partial charge in [-0.2, -0.15) is 0 Å². The van der Waals surface area contributed by atoms with Crippen molar-refractivity contribution in [1.29, 1.82) is 0 Å². The molecule has 0 saturated heterocycles. The summed E-state index contributed by atoms with van der Waals surface area (Å²) in [7, 11) is 0. The van der Waals surface area contributed by atoms with Crippen molar-refractivity contribution in [2.45, 2.75) is 26.7 Å². The molecule has 0 fully saturated rings. The van der Waals surface area contributed by atoms with E-state index in [2.05, 4.69) is 31.2 Å². The lowest BCUT2D eigenvalue weighted by Crippen LogP contribution is -1.96. The van der Waals surface area contributed by atoms with Crippen LogP contribution >= 0.6 is 0 Å². The van der Waals surface area contributed by atoms with Gasteiger partial charge >= 0.3 is 5.97 Å². The molecule has 0 amide bonds. The first kappa shape index (κ1) is 13.3. The Hall–Kier alpha value is -2.09. The second-order valence-electron chi connectivity index (χ2n) is 4.95. The Kier molecular flexibility index (Phi) is 4.00. The molecule has 0 heterocycles. The zero-order valence-corrected chi connectivity index (χ0v) is 11.3. The fourth-order valence-corrected chi connectivity index (χ4v) is 2.36. The van der Waals surface area contributed by atoms with Crippen LogP contribution in [0.25, 0.3) is 5.57 Å². The fraction of sp³-hybridized carbons (Fsp3) is 0.235. The van der Waals surface area contributed by atoms with Crippen molar-refractivity contribution in [1.82, 2.24) is 0 Å². The molecular formula is C17H18O2. The van der Waals surface area contributed by atoms with Gasteiger partial charge in [-0.05, 0) is 37.0 Å². The first-order chi connectivity index (χ1) is 9.06. The quantitative estimate of drug-likeness (QED) is 0.880. The van der Waals surface area contributed by atoms with Gasteiger partial charge in [0.1, 0.15) is 0 Å². The van der Waals surface area contributed by atoms with Crippen LogP contribution in [0.2, 0.25) is 0 Å². The minimum atomic E-state index is -0.772. The highest BCUT2D eigenvalue weighted by atomic mass is 16.4. The summed E-state index contributed by atoms with van der Waals surface area (Å²) in [6.45, 7) is 4.11. The number of allylic oxidation sites excluding steroid dienone is 5. The van der Waals surface area contributed by atoms with E-state index < -0.39 is 5.97 Å². The van der Waals surface area contributed by atoms with Crippen LogP contribution in [0.3, 0.4) is 0 Å². The number of benzene rings is 1. The molecule has 2 heteroatoms. The Bertz CT molecular complexity index is 589. The molecule has 0 spiro atoms. The SMILES string of the molecule is CC1=C(c2cccc(C)c2)C=CCC(CC(=O)O)=C1. The third-order valence-corrected chi connectivity index (χ3v) is 3.22. The Labute approximate surface area is 113 Å². The molecule has 19 heavy (non-hydrogen) atoms. The molecule has 0 atom stereocenters. The average molecular weight is 254 g/mol. The molecular weight excluding hydrogens is 236 g/mol. The van der Waals surface area contributed by atoms with Crippen LogP contribution in [0.15, 0.2) is 53.6 Å². The summed E-state index contributed by atoms with van der Waals surface area (Å²) in [6.07, 6.45) is 6.96. The maximum Gasteiger partial charge on any atom is 0.307 e. The molecule has 1 aromatic rings. The number of carboxylic acid groups (broad SMARTS) is 1. The third kappa shape index (κ3) is 3.44. The van der Waals surface area contributed by atoms with Gasteiger partial charge in [-0.1, -0.05) is 53.6 Å². The van der Waals surface area contributed by atoms with Crippen LogP contribution in [0.5, 0.6) is 0 Å². The zero-order valence-electron chi connectivity index (χ0n) is 11.3. The largest absolute Gasteiger partial charge is 0.481 e. The van der Waals surface area contributed by atoms with Crippen LogP contribution < -0.4 is 0 Å².